The molecule has 0 aliphatic carbocycles. The summed E-state index contributed by atoms with van der Waals surface area (Å²) in [7, 11) is -1.17. The van der Waals surface area contributed by atoms with E-state index in [1.807, 2.05) is 0 Å². The molecule has 1 saturated heterocycles. The van der Waals surface area contributed by atoms with Crippen LogP contribution in [0.15, 0.2) is 12.3 Å². The van der Waals surface area contributed by atoms with Gasteiger partial charge in [0.05, 0.1) is 16.8 Å². The van der Waals surface area contributed by atoms with Crippen LogP contribution in [0.25, 0.3) is 0 Å². The van der Waals surface area contributed by atoms with E-state index in [4.69, 9.17) is 9.39 Å². The second-order valence-electron chi connectivity index (χ2n) is 6.56. The van der Waals surface area contributed by atoms with Crippen molar-refractivity contribution in [3.63, 3.8) is 0 Å². The SMILES string of the molecule is CC(C)(O)C(C)(C)OB(O)c1ccnn1C1CCCCO1. The van der Waals surface area contributed by atoms with Crippen LogP contribution in [0, 0.1) is 0 Å². The molecule has 1 aromatic rings. The molecule has 1 fully saturated rings. The lowest BCUT2D eigenvalue weighted by Gasteiger charge is -2.38. The summed E-state index contributed by atoms with van der Waals surface area (Å²) in [6.45, 7) is 7.50. The van der Waals surface area contributed by atoms with Gasteiger partial charge < -0.3 is 19.5 Å². The fraction of sp³-hybridized carbons (Fsp3) is 0.786. The maximum Gasteiger partial charge on any atom is 0.511 e. The molecule has 118 valence electrons. The van der Waals surface area contributed by atoms with Gasteiger partial charge in [0, 0.05) is 12.8 Å². The highest BCUT2D eigenvalue weighted by atomic mass is 16.6. The number of nitrogens with zero attached hydrogens (tertiary/aromatic N) is 2. The van der Waals surface area contributed by atoms with Gasteiger partial charge in [0.15, 0.2) is 0 Å². The monoisotopic (exact) mass is 296 g/mol. The zero-order valence-electron chi connectivity index (χ0n) is 13.2. The van der Waals surface area contributed by atoms with E-state index < -0.39 is 18.3 Å². The van der Waals surface area contributed by atoms with Gasteiger partial charge in [-0.05, 0) is 53.0 Å². The van der Waals surface area contributed by atoms with Crippen molar-refractivity contribution in [3.8, 4) is 0 Å². The lowest BCUT2D eigenvalue weighted by molar-refractivity contribution is -0.0988. The molecule has 1 unspecified atom stereocenters. The topological polar surface area (TPSA) is 76.7 Å². The molecule has 0 bridgehead atoms. The minimum Gasteiger partial charge on any atom is -0.422 e. The van der Waals surface area contributed by atoms with Crippen LogP contribution >= 0.6 is 0 Å². The van der Waals surface area contributed by atoms with Crippen molar-refractivity contribution >= 4 is 12.7 Å². The quantitative estimate of drug-likeness (QED) is 0.787. The second-order valence-corrected chi connectivity index (χ2v) is 6.56. The normalized spacial score (nSPS) is 20.6. The number of aliphatic hydroxyl groups is 1. The molecular weight excluding hydrogens is 271 g/mol. The first-order valence-electron chi connectivity index (χ1n) is 7.45. The van der Waals surface area contributed by atoms with Crippen molar-refractivity contribution in [1.29, 1.82) is 0 Å². The zero-order valence-corrected chi connectivity index (χ0v) is 13.2. The molecule has 1 aromatic heterocycles. The third kappa shape index (κ3) is 3.66. The predicted octanol–water partition coefficient (Wildman–Crippen LogP) is 0.836. The van der Waals surface area contributed by atoms with Gasteiger partial charge in [-0.2, -0.15) is 5.10 Å². The molecule has 7 heteroatoms. The molecule has 2 N–H and O–H groups in total. The summed E-state index contributed by atoms with van der Waals surface area (Å²) >= 11 is 0. The maximum absolute atomic E-state index is 10.4. The highest BCUT2D eigenvalue weighted by molar-refractivity contribution is 6.59. The molecule has 0 aromatic carbocycles. The Labute approximate surface area is 126 Å². The number of rotatable bonds is 5. The smallest absolute Gasteiger partial charge is 0.422 e. The van der Waals surface area contributed by atoms with E-state index in [0.717, 1.165) is 19.3 Å². The molecule has 1 atom stereocenters. The van der Waals surface area contributed by atoms with E-state index >= 15 is 0 Å². The van der Waals surface area contributed by atoms with Gasteiger partial charge in [-0.15, -0.1) is 0 Å². The fourth-order valence-electron chi connectivity index (χ4n) is 2.16. The van der Waals surface area contributed by atoms with Crippen molar-refractivity contribution in [3.05, 3.63) is 12.3 Å². The van der Waals surface area contributed by atoms with Gasteiger partial charge in [0.25, 0.3) is 0 Å². The lowest BCUT2D eigenvalue weighted by atomic mass is 9.80. The lowest BCUT2D eigenvalue weighted by Crippen LogP contribution is -2.54. The average Bonchev–Trinajstić information content (AvgIpc) is 2.87. The molecule has 2 heterocycles. The average molecular weight is 296 g/mol. The minimum absolute atomic E-state index is 0.160. The minimum atomic E-state index is -1.17. The molecule has 1 aliphatic rings. The third-order valence-electron chi connectivity index (χ3n) is 4.26. The van der Waals surface area contributed by atoms with Crippen LogP contribution in [0.4, 0.5) is 0 Å². The zero-order chi connectivity index (χ0) is 15.7. The Morgan fingerprint density at radius 1 is 1.38 bits per heavy atom. The Bertz CT molecular complexity index is 464. The van der Waals surface area contributed by atoms with Gasteiger partial charge >= 0.3 is 7.12 Å². The molecular formula is C14H25BN2O4. The summed E-state index contributed by atoms with van der Waals surface area (Å²) in [5.41, 5.74) is -1.45. The largest absolute Gasteiger partial charge is 0.511 e. The first-order chi connectivity index (χ1) is 9.72. The Morgan fingerprint density at radius 2 is 2.10 bits per heavy atom. The van der Waals surface area contributed by atoms with Crippen LogP contribution in [-0.4, -0.2) is 44.8 Å². The van der Waals surface area contributed by atoms with E-state index in [9.17, 15) is 10.1 Å². The highest BCUT2D eigenvalue weighted by Crippen LogP contribution is 2.26. The van der Waals surface area contributed by atoms with Gasteiger partial charge in [-0.1, -0.05) is 0 Å². The van der Waals surface area contributed by atoms with Crippen molar-refractivity contribution in [2.24, 2.45) is 0 Å². The number of hydrogen-bond acceptors (Lipinski definition) is 5. The maximum atomic E-state index is 10.4. The molecule has 0 spiro atoms. The summed E-state index contributed by atoms with van der Waals surface area (Å²) < 4.78 is 13.0. The van der Waals surface area contributed by atoms with E-state index in [0.29, 0.717) is 12.2 Å². The Kier molecular flexibility index (Phi) is 4.77. The predicted molar refractivity (Wildman–Crippen MR) is 80.1 cm³/mol. The third-order valence-corrected chi connectivity index (χ3v) is 4.26. The van der Waals surface area contributed by atoms with E-state index in [-0.39, 0.29) is 6.23 Å². The van der Waals surface area contributed by atoms with Crippen molar-refractivity contribution in [2.45, 2.75) is 64.4 Å². The summed E-state index contributed by atoms with van der Waals surface area (Å²) in [5.74, 6) is 0. The van der Waals surface area contributed by atoms with Crippen molar-refractivity contribution in [1.82, 2.24) is 9.78 Å². The van der Waals surface area contributed by atoms with Gasteiger partial charge in [0.2, 0.25) is 0 Å². The van der Waals surface area contributed by atoms with Crippen LogP contribution in [0.5, 0.6) is 0 Å². The van der Waals surface area contributed by atoms with Crippen LogP contribution in [0.1, 0.15) is 53.2 Å². The van der Waals surface area contributed by atoms with Crippen molar-refractivity contribution in [2.75, 3.05) is 6.61 Å². The number of ether oxygens (including phenoxy) is 1. The van der Waals surface area contributed by atoms with Gasteiger partial charge in [0.1, 0.15) is 6.23 Å². The molecule has 0 amide bonds. The molecule has 2 rings (SSSR count). The van der Waals surface area contributed by atoms with Crippen LogP contribution in [0.2, 0.25) is 0 Å². The Hall–Kier alpha value is -0.885. The second kappa shape index (κ2) is 6.08. The van der Waals surface area contributed by atoms with E-state index in [2.05, 4.69) is 5.10 Å². The molecule has 0 saturated carbocycles. The van der Waals surface area contributed by atoms with E-state index in [1.165, 1.54) is 0 Å². The molecule has 1 aliphatic heterocycles. The molecule has 0 radical (unpaired) electrons. The van der Waals surface area contributed by atoms with E-state index in [1.54, 1.807) is 44.6 Å². The Balaban J connectivity index is 2.13. The molecule has 21 heavy (non-hydrogen) atoms. The standard InChI is InChI=1S/C14H25BN2O4/c1-13(2,18)14(3,4)21-15(19)11-8-9-16-17(11)12-7-5-6-10-20-12/h8-9,12,18-19H,5-7,10H2,1-4H3. The summed E-state index contributed by atoms with van der Waals surface area (Å²) in [4.78, 5) is 0. The number of hydrogen-bond donors (Lipinski definition) is 2. The van der Waals surface area contributed by atoms with Crippen LogP contribution in [-0.2, 0) is 9.39 Å². The number of aromatic nitrogens is 2. The first-order valence-corrected chi connectivity index (χ1v) is 7.45. The van der Waals surface area contributed by atoms with Gasteiger partial charge in [-0.3, -0.25) is 0 Å². The highest BCUT2D eigenvalue weighted by Gasteiger charge is 2.40. The fourth-order valence-corrected chi connectivity index (χ4v) is 2.16. The van der Waals surface area contributed by atoms with Crippen LogP contribution < -0.4 is 5.59 Å². The molecule has 6 nitrogen and oxygen atoms in total. The summed E-state index contributed by atoms with van der Waals surface area (Å²) in [6.07, 6.45) is 4.47. The van der Waals surface area contributed by atoms with Crippen molar-refractivity contribution < 1.29 is 19.5 Å². The Morgan fingerprint density at radius 3 is 2.67 bits per heavy atom. The summed E-state index contributed by atoms with van der Waals surface area (Å²) in [6, 6.07) is 1.71. The van der Waals surface area contributed by atoms with Gasteiger partial charge in [-0.25, -0.2) is 4.68 Å². The van der Waals surface area contributed by atoms with Crippen LogP contribution in [0.3, 0.4) is 0 Å². The summed E-state index contributed by atoms with van der Waals surface area (Å²) in [5, 5.41) is 24.7. The first kappa shape index (κ1) is 16.5.